The second kappa shape index (κ2) is 8.89. The molecule has 37 heavy (non-hydrogen) atoms. The Kier molecular flexibility index (Phi) is 5.95. The highest BCUT2D eigenvalue weighted by Gasteiger charge is 2.42. The molecule has 2 atom stereocenters. The number of nitrogens with zero attached hydrogens (tertiary/aromatic N) is 3. The summed E-state index contributed by atoms with van der Waals surface area (Å²) in [6, 6.07) is 11.1. The van der Waals surface area contributed by atoms with Gasteiger partial charge in [-0.1, -0.05) is 13.8 Å². The van der Waals surface area contributed by atoms with Crippen molar-refractivity contribution < 1.29 is 23.8 Å². The first-order valence-electron chi connectivity index (χ1n) is 12.2. The lowest BCUT2D eigenvalue weighted by molar-refractivity contribution is -0.170. The SMILES string of the molecule is COc1cc(-n2c(C(C)(C)CC#N)c(C3CC[C@](C)(C(=O)O)OC3)c3cc4[nH]ncc4cc32)ccc1F. The Morgan fingerprint density at radius 1 is 1.41 bits per heavy atom. The standard InChI is InChI=1S/C28H29FN4O4/c1-27(2,9-10-30)25-24(16-7-8-28(3,26(34)35)37-15-16)19-13-21-17(14-31-32-21)11-22(19)33(25)18-5-6-20(29)23(12-18)36-4/h5-6,11-14,16H,7-9,15H2,1-4H3,(H,31,32)(H,34,35)/t16?,28-/m1/s1. The molecule has 0 saturated carbocycles. The number of aromatic nitrogens is 3. The van der Waals surface area contributed by atoms with Gasteiger partial charge in [0.05, 0.1) is 37.0 Å². The molecule has 0 amide bonds. The molecule has 3 heterocycles. The molecule has 1 unspecified atom stereocenters. The van der Waals surface area contributed by atoms with Gasteiger partial charge in [0.1, 0.15) is 0 Å². The number of aliphatic carboxylic acids is 1. The third kappa shape index (κ3) is 4.02. The Morgan fingerprint density at radius 2 is 2.19 bits per heavy atom. The number of benzene rings is 2. The zero-order valence-electron chi connectivity index (χ0n) is 21.3. The van der Waals surface area contributed by atoms with E-state index in [-0.39, 0.29) is 24.7 Å². The molecule has 2 N–H and O–H groups in total. The van der Waals surface area contributed by atoms with Crippen LogP contribution >= 0.6 is 0 Å². The highest BCUT2D eigenvalue weighted by molar-refractivity contribution is 5.99. The second-order valence-corrected chi connectivity index (χ2v) is 10.5. The summed E-state index contributed by atoms with van der Waals surface area (Å²) >= 11 is 0. The van der Waals surface area contributed by atoms with Gasteiger partial charge in [-0.05, 0) is 49.6 Å². The molecule has 8 nitrogen and oxygen atoms in total. The van der Waals surface area contributed by atoms with Gasteiger partial charge in [-0.25, -0.2) is 9.18 Å². The van der Waals surface area contributed by atoms with Crippen molar-refractivity contribution in [2.45, 2.75) is 57.0 Å². The van der Waals surface area contributed by atoms with Gasteiger partial charge in [-0.2, -0.15) is 10.4 Å². The minimum Gasteiger partial charge on any atom is -0.494 e. The topological polar surface area (TPSA) is 113 Å². The molecule has 0 aliphatic carbocycles. The molecule has 0 spiro atoms. The molecule has 1 aliphatic rings. The van der Waals surface area contributed by atoms with Crippen LogP contribution in [0.25, 0.3) is 27.5 Å². The quantitative estimate of drug-likeness (QED) is 0.354. The summed E-state index contributed by atoms with van der Waals surface area (Å²) in [5, 5.41) is 28.5. The number of hydrogen-bond acceptors (Lipinski definition) is 5. The van der Waals surface area contributed by atoms with Gasteiger partial charge in [0.25, 0.3) is 0 Å². The van der Waals surface area contributed by atoms with Crippen LogP contribution in [-0.2, 0) is 14.9 Å². The summed E-state index contributed by atoms with van der Waals surface area (Å²) in [6.45, 7) is 5.87. The van der Waals surface area contributed by atoms with Gasteiger partial charge >= 0.3 is 5.97 Å². The number of halogens is 1. The first kappa shape index (κ1) is 24.8. The van der Waals surface area contributed by atoms with Crippen molar-refractivity contribution in [3.8, 4) is 17.5 Å². The normalized spacial score (nSPS) is 20.3. The summed E-state index contributed by atoms with van der Waals surface area (Å²) in [4.78, 5) is 11.8. The van der Waals surface area contributed by atoms with Crippen LogP contribution < -0.4 is 4.74 Å². The first-order chi connectivity index (χ1) is 17.6. The largest absolute Gasteiger partial charge is 0.494 e. The van der Waals surface area contributed by atoms with Crippen LogP contribution in [0.5, 0.6) is 5.75 Å². The number of nitriles is 1. The number of ether oxygens (including phenoxy) is 2. The maximum absolute atomic E-state index is 14.4. The van der Waals surface area contributed by atoms with Gasteiger partial charge in [-0.15, -0.1) is 0 Å². The van der Waals surface area contributed by atoms with E-state index in [1.165, 1.54) is 13.2 Å². The van der Waals surface area contributed by atoms with Crippen molar-refractivity contribution >= 4 is 27.8 Å². The van der Waals surface area contributed by atoms with Crippen molar-refractivity contribution in [1.82, 2.24) is 14.8 Å². The average Bonchev–Trinajstić information content (AvgIpc) is 3.45. The summed E-state index contributed by atoms with van der Waals surface area (Å²) in [5.41, 5.74) is 2.52. The Labute approximate surface area is 213 Å². The molecule has 192 valence electrons. The molecule has 1 aliphatic heterocycles. The van der Waals surface area contributed by atoms with Crippen LogP contribution in [0.4, 0.5) is 4.39 Å². The van der Waals surface area contributed by atoms with E-state index in [1.807, 2.05) is 26.0 Å². The predicted molar refractivity (Wildman–Crippen MR) is 137 cm³/mol. The molecular formula is C28H29FN4O4. The number of nitrogens with one attached hydrogen (secondary N) is 1. The number of hydrogen-bond donors (Lipinski definition) is 2. The van der Waals surface area contributed by atoms with Crippen molar-refractivity contribution in [1.29, 1.82) is 5.26 Å². The predicted octanol–water partition coefficient (Wildman–Crippen LogP) is 5.58. The molecule has 0 radical (unpaired) electrons. The zero-order chi connectivity index (χ0) is 26.5. The maximum Gasteiger partial charge on any atom is 0.335 e. The highest BCUT2D eigenvalue weighted by atomic mass is 19.1. The molecule has 5 rings (SSSR count). The number of fused-ring (bicyclic) bond motifs is 2. The van der Waals surface area contributed by atoms with E-state index in [2.05, 4.69) is 20.8 Å². The Morgan fingerprint density at radius 3 is 2.84 bits per heavy atom. The Bertz CT molecular complexity index is 1550. The molecule has 9 heteroatoms. The molecule has 1 fully saturated rings. The van der Waals surface area contributed by atoms with E-state index in [1.54, 1.807) is 25.3 Å². The van der Waals surface area contributed by atoms with Crippen LogP contribution in [0.2, 0.25) is 0 Å². The smallest absolute Gasteiger partial charge is 0.335 e. The van der Waals surface area contributed by atoms with E-state index in [4.69, 9.17) is 9.47 Å². The van der Waals surface area contributed by atoms with Crippen molar-refractivity contribution in [2.24, 2.45) is 0 Å². The fourth-order valence-corrected chi connectivity index (χ4v) is 5.45. The summed E-state index contributed by atoms with van der Waals surface area (Å²) < 4.78 is 27.7. The van der Waals surface area contributed by atoms with Gasteiger partial charge in [0.2, 0.25) is 0 Å². The molecule has 2 aromatic heterocycles. The Hall–Kier alpha value is -3.90. The third-order valence-electron chi connectivity index (χ3n) is 7.55. The molecule has 1 saturated heterocycles. The van der Waals surface area contributed by atoms with Crippen LogP contribution in [0.3, 0.4) is 0 Å². The monoisotopic (exact) mass is 504 g/mol. The minimum atomic E-state index is -1.24. The lowest BCUT2D eigenvalue weighted by atomic mass is 9.77. The van der Waals surface area contributed by atoms with Gasteiger partial charge in [0.15, 0.2) is 17.2 Å². The first-order valence-corrected chi connectivity index (χ1v) is 12.2. The average molecular weight is 505 g/mol. The summed E-state index contributed by atoms with van der Waals surface area (Å²) in [6.07, 6.45) is 2.95. The number of H-pyrrole nitrogens is 1. The lowest BCUT2D eigenvalue weighted by Crippen LogP contribution is -2.43. The summed E-state index contributed by atoms with van der Waals surface area (Å²) in [7, 11) is 1.43. The number of carboxylic acid groups (broad SMARTS) is 1. The second-order valence-electron chi connectivity index (χ2n) is 10.5. The molecular weight excluding hydrogens is 475 g/mol. The maximum atomic E-state index is 14.4. The lowest BCUT2D eigenvalue weighted by Gasteiger charge is -2.36. The highest BCUT2D eigenvalue weighted by Crippen LogP contribution is 2.46. The number of aromatic amines is 1. The molecule has 2 aromatic carbocycles. The minimum absolute atomic E-state index is 0.105. The fourth-order valence-electron chi connectivity index (χ4n) is 5.45. The van der Waals surface area contributed by atoms with Crippen LogP contribution in [-0.4, -0.2) is 45.2 Å². The number of carboxylic acids is 1. The number of carbonyl (C=O) groups is 1. The van der Waals surface area contributed by atoms with E-state index >= 15 is 0 Å². The van der Waals surface area contributed by atoms with Crippen molar-refractivity contribution in [2.75, 3.05) is 13.7 Å². The molecule has 0 bridgehead atoms. The van der Waals surface area contributed by atoms with Gasteiger partial charge < -0.3 is 19.1 Å². The van der Waals surface area contributed by atoms with Crippen molar-refractivity contribution in [3.05, 3.63) is 53.6 Å². The van der Waals surface area contributed by atoms with Crippen LogP contribution in [0.1, 0.15) is 57.2 Å². The zero-order valence-corrected chi connectivity index (χ0v) is 21.3. The van der Waals surface area contributed by atoms with E-state index in [9.17, 15) is 19.6 Å². The number of methoxy groups -OCH3 is 1. The van der Waals surface area contributed by atoms with E-state index in [0.29, 0.717) is 18.5 Å². The van der Waals surface area contributed by atoms with Crippen molar-refractivity contribution in [3.63, 3.8) is 0 Å². The van der Waals surface area contributed by atoms with Crippen LogP contribution in [0, 0.1) is 17.1 Å². The van der Waals surface area contributed by atoms with Gasteiger partial charge in [-0.3, -0.25) is 5.10 Å². The fraction of sp³-hybridized carbons (Fsp3) is 0.393. The number of rotatable bonds is 6. The van der Waals surface area contributed by atoms with E-state index in [0.717, 1.165) is 33.1 Å². The van der Waals surface area contributed by atoms with E-state index < -0.39 is 22.8 Å². The van der Waals surface area contributed by atoms with Gasteiger partial charge in [0, 0.05) is 46.0 Å². The molecule has 4 aromatic rings. The van der Waals surface area contributed by atoms with Crippen LogP contribution in [0.15, 0.2) is 36.5 Å². The third-order valence-corrected chi connectivity index (χ3v) is 7.55. The Balaban J connectivity index is 1.83. The summed E-state index contributed by atoms with van der Waals surface area (Å²) in [5.74, 6) is -1.43.